The summed E-state index contributed by atoms with van der Waals surface area (Å²) >= 11 is 4.15. The number of carbonyl (C=O) groups is 1. The third kappa shape index (κ3) is 3.28. The molecule has 0 saturated carbocycles. The van der Waals surface area contributed by atoms with E-state index in [1.807, 2.05) is 13.8 Å². The number of carbonyl (C=O) groups excluding carboxylic acids is 1. The van der Waals surface area contributed by atoms with Crippen molar-refractivity contribution in [1.82, 2.24) is 5.32 Å². The summed E-state index contributed by atoms with van der Waals surface area (Å²) in [5.74, 6) is -0.289. The molecule has 0 aliphatic rings. The van der Waals surface area contributed by atoms with Crippen LogP contribution in [0.2, 0.25) is 0 Å². The molecule has 0 unspecified atom stereocenters. The van der Waals surface area contributed by atoms with E-state index in [2.05, 4.69) is 21.2 Å². The highest BCUT2D eigenvalue weighted by molar-refractivity contribution is 9.09. The van der Waals surface area contributed by atoms with Crippen LogP contribution in [-0.2, 0) is 0 Å². The monoisotopic (exact) mass is 306 g/mol. The lowest BCUT2D eigenvalue weighted by molar-refractivity contribution is -0.380. The quantitative estimate of drug-likeness (QED) is 0.528. The fraction of sp³-hybridized carbons (Fsp3) is 0.444. The van der Waals surface area contributed by atoms with Crippen molar-refractivity contribution >= 4 is 38.2 Å². The summed E-state index contributed by atoms with van der Waals surface area (Å²) in [6, 6.07) is 2.79. The zero-order valence-electron chi connectivity index (χ0n) is 8.82. The van der Waals surface area contributed by atoms with Crippen LogP contribution in [0.4, 0.5) is 5.00 Å². The lowest BCUT2D eigenvalue weighted by atomic mass is 10.1. The second kappa shape index (κ2) is 4.92. The maximum absolute atomic E-state index is 11.7. The molecule has 0 radical (unpaired) electrons. The summed E-state index contributed by atoms with van der Waals surface area (Å²) < 4.78 is 0. The van der Waals surface area contributed by atoms with Crippen molar-refractivity contribution in [2.75, 3.05) is 5.33 Å². The normalized spacial score (nSPS) is 11.2. The molecule has 0 aliphatic heterocycles. The highest BCUT2D eigenvalue weighted by Gasteiger charge is 2.22. The molecular weight excluding hydrogens is 296 g/mol. The third-order valence-corrected chi connectivity index (χ3v) is 4.22. The Morgan fingerprint density at radius 2 is 2.25 bits per heavy atom. The largest absolute Gasteiger partial charge is 0.346 e. The van der Waals surface area contributed by atoms with Crippen molar-refractivity contribution in [3.05, 3.63) is 27.1 Å². The van der Waals surface area contributed by atoms with Crippen LogP contribution in [0.1, 0.15) is 23.5 Å². The predicted octanol–water partition coefficient (Wildman–Crippen LogP) is 2.56. The van der Waals surface area contributed by atoms with Gasteiger partial charge in [0.1, 0.15) is 0 Å². The molecule has 1 rings (SSSR count). The molecule has 0 aliphatic carbocycles. The van der Waals surface area contributed by atoms with Gasteiger partial charge in [0.25, 0.3) is 5.91 Å². The first-order valence-corrected chi connectivity index (χ1v) is 6.42. The van der Waals surface area contributed by atoms with Gasteiger partial charge in [-0.1, -0.05) is 27.3 Å². The van der Waals surface area contributed by atoms with Crippen molar-refractivity contribution < 1.29 is 9.72 Å². The van der Waals surface area contributed by atoms with Crippen molar-refractivity contribution in [1.29, 1.82) is 0 Å². The maximum atomic E-state index is 11.7. The summed E-state index contributed by atoms with van der Waals surface area (Å²) in [4.78, 5) is 22.0. The third-order valence-electron chi connectivity index (χ3n) is 1.78. The highest BCUT2D eigenvalue weighted by Crippen LogP contribution is 2.24. The number of alkyl halides is 1. The number of nitrogens with one attached hydrogen (secondary N) is 1. The van der Waals surface area contributed by atoms with Crippen LogP contribution < -0.4 is 5.32 Å². The predicted molar refractivity (Wildman–Crippen MR) is 66.3 cm³/mol. The Balaban J connectivity index is 2.77. The van der Waals surface area contributed by atoms with Crippen LogP contribution in [0.15, 0.2) is 12.1 Å². The van der Waals surface area contributed by atoms with Crippen molar-refractivity contribution in [2.24, 2.45) is 0 Å². The summed E-state index contributed by atoms with van der Waals surface area (Å²) in [7, 11) is 0. The lowest BCUT2D eigenvalue weighted by Crippen LogP contribution is -2.44. The summed E-state index contributed by atoms with van der Waals surface area (Å²) in [5.41, 5.74) is -0.379. The molecule has 16 heavy (non-hydrogen) atoms. The van der Waals surface area contributed by atoms with Crippen LogP contribution in [0.5, 0.6) is 0 Å². The highest BCUT2D eigenvalue weighted by atomic mass is 79.9. The van der Waals surface area contributed by atoms with E-state index in [1.54, 1.807) is 0 Å². The standard InChI is InChI=1S/C9H11BrN2O3S/c1-9(2,5-10)11-8(13)6-3-4-7(16-6)12(14)15/h3-4H,5H2,1-2H3,(H,11,13). The molecule has 0 saturated heterocycles. The second-order valence-electron chi connectivity index (χ2n) is 3.87. The molecule has 0 atom stereocenters. The van der Waals surface area contributed by atoms with E-state index in [0.717, 1.165) is 11.3 Å². The summed E-state index contributed by atoms with van der Waals surface area (Å²) in [6.07, 6.45) is 0. The lowest BCUT2D eigenvalue weighted by Gasteiger charge is -2.22. The van der Waals surface area contributed by atoms with Crippen LogP contribution in [0, 0.1) is 10.1 Å². The molecule has 1 aromatic rings. The van der Waals surface area contributed by atoms with Gasteiger partial charge in [-0.3, -0.25) is 14.9 Å². The van der Waals surface area contributed by atoms with Crippen molar-refractivity contribution in [2.45, 2.75) is 19.4 Å². The van der Waals surface area contributed by atoms with Gasteiger partial charge < -0.3 is 5.32 Å². The number of hydrogen-bond acceptors (Lipinski definition) is 4. The molecule has 1 N–H and O–H groups in total. The minimum Gasteiger partial charge on any atom is -0.346 e. The number of rotatable bonds is 4. The number of amides is 1. The van der Waals surface area contributed by atoms with Gasteiger partial charge >= 0.3 is 5.00 Å². The van der Waals surface area contributed by atoms with Crippen molar-refractivity contribution in [3.63, 3.8) is 0 Å². The number of hydrogen-bond donors (Lipinski definition) is 1. The molecule has 0 aromatic carbocycles. The Bertz CT molecular complexity index is 417. The minimum atomic E-state index is -0.503. The number of thiophene rings is 1. The summed E-state index contributed by atoms with van der Waals surface area (Å²) in [6.45, 7) is 3.73. The molecule has 0 bridgehead atoms. The van der Waals surface area contributed by atoms with E-state index in [1.165, 1.54) is 12.1 Å². The second-order valence-corrected chi connectivity index (χ2v) is 5.49. The average Bonchev–Trinajstić information content (AvgIpc) is 2.66. The Kier molecular flexibility index (Phi) is 4.03. The zero-order valence-corrected chi connectivity index (χ0v) is 11.2. The van der Waals surface area contributed by atoms with E-state index >= 15 is 0 Å². The van der Waals surface area contributed by atoms with E-state index < -0.39 is 4.92 Å². The maximum Gasteiger partial charge on any atom is 0.324 e. The van der Waals surface area contributed by atoms with Crippen LogP contribution in [0.3, 0.4) is 0 Å². The van der Waals surface area contributed by atoms with E-state index in [0.29, 0.717) is 10.2 Å². The van der Waals surface area contributed by atoms with Gasteiger partial charge in [-0.05, 0) is 19.9 Å². The molecule has 1 heterocycles. The van der Waals surface area contributed by atoms with Gasteiger partial charge in [-0.15, -0.1) is 0 Å². The molecule has 0 fully saturated rings. The average molecular weight is 307 g/mol. The molecule has 1 aromatic heterocycles. The van der Waals surface area contributed by atoms with Gasteiger partial charge in [0.05, 0.1) is 9.80 Å². The molecule has 1 amide bonds. The fourth-order valence-electron chi connectivity index (χ4n) is 0.950. The van der Waals surface area contributed by atoms with Gasteiger partial charge in [0.15, 0.2) is 0 Å². The first-order valence-electron chi connectivity index (χ1n) is 4.48. The van der Waals surface area contributed by atoms with Crippen molar-refractivity contribution in [3.8, 4) is 0 Å². The first kappa shape index (κ1) is 13.1. The molecule has 5 nitrogen and oxygen atoms in total. The number of nitrogens with zero attached hydrogens (tertiary/aromatic N) is 1. The van der Waals surface area contributed by atoms with E-state index in [9.17, 15) is 14.9 Å². The van der Waals surface area contributed by atoms with Crippen LogP contribution in [0.25, 0.3) is 0 Å². The molecular formula is C9H11BrN2O3S. The van der Waals surface area contributed by atoms with Gasteiger partial charge in [0.2, 0.25) is 0 Å². The first-order chi connectivity index (χ1) is 7.35. The Hall–Kier alpha value is -0.950. The SMILES string of the molecule is CC(C)(CBr)NC(=O)c1ccc([N+](=O)[O-])s1. The number of halogens is 1. The Morgan fingerprint density at radius 3 is 2.69 bits per heavy atom. The Labute approximate surface area is 105 Å². The topological polar surface area (TPSA) is 72.2 Å². The Morgan fingerprint density at radius 1 is 1.62 bits per heavy atom. The van der Waals surface area contributed by atoms with E-state index in [-0.39, 0.29) is 16.4 Å². The van der Waals surface area contributed by atoms with Gasteiger partial charge in [-0.25, -0.2) is 0 Å². The smallest absolute Gasteiger partial charge is 0.324 e. The van der Waals surface area contributed by atoms with Crippen LogP contribution in [-0.4, -0.2) is 21.7 Å². The van der Waals surface area contributed by atoms with Gasteiger partial charge in [0, 0.05) is 16.9 Å². The molecule has 88 valence electrons. The zero-order chi connectivity index (χ0) is 12.3. The summed E-state index contributed by atoms with van der Waals surface area (Å²) in [5, 5.41) is 13.8. The number of nitro groups is 1. The van der Waals surface area contributed by atoms with Gasteiger partial charge in [-0.2, -0.15) is 0 Å². The fourth-order valence-corrected chi connectivity index (χ4v) is 1.81. The van der Waals surface area contributed by atoms with Crippen LogP contribution >= 0.6 is 27.3 Å². The molecule has 0 spiro atoms. The van der Waals surface area contributed by atoms with E-state index in [4.69, 9.17) is 0 Å². The molecule has 7 heteroatoms. The minimum absolute atomic E-state index is 0.0261.